The van der Waals surface area contributed by atoms with Crippen molar-refractivity contribution in [2.24, 2.45) is 0 Å². The first-order chi connectivity index (χ1) is 4.86. The fourth-order valence-electron chi connectivity index (χ4n) is 0.801. The molecule has 1 aromatic rings. The topological polar surface area (TPSA) is 12.9 Å². The van der Waals surface area contributed by atoms with Crippen LogP contribution in [0.1, 0.15) is 18.3 Å². The van der Waals surface area contributed by atoms with E-state index in [9.17, 15) is 4.39 Å². The van der Waals surface area contributed by atoms with Gasteiger partial charge in [-0.15, -0.1) is 0 Å². The average molecular weight is 139 g/mol. The summed E-state index contributed by atoms with van der Waals surface area (Å²) >= 11 is 0. The molecule has 0 N–H and O–H groups in total. The van der Waals surface area contributed by atoms with E-state index in [1.807, 2.05) is 19.1 Å². The maximum atomic E-state index is 12.0. The van der Waals surface area contributed by atoms with Gasteiger partial charge >= 0.3 is 0 Å². The molecule has 0 amide bonds. The predicted octanol–water partition coefficient (Wildman–Crippen LogP) is 2.11. The van der Waals surface area contributed by atoms with E-state index < -0.39 is 6.67 Å². The highest BCUT2D eigenvalue weighted by molar-refractivity contribution is 5.10. The van der Waals surface area contributed by atoms with Crippen LogP contribution in [-0.2, 0) is 13.1 Å². The van der Waals surface area contributed by atoms with E-state index in [-0.39, 0.29) is 0 Å². The quantitative estimate of drug-likeness (QED) is 0.611. The minimum absolute atomic E-state index is 0.464. The molecule has 0 aliphatic rings. The highest BCUT2D eigenvalue weighted by atomic mass is 19.1. The Morgan fingerprint density at radius 3 is 2.70 bits per heavy atom. The summed E-state index contributed by atoms with van der Waals surface area (Å²) in [6.45, 7) is 1.54. The van der Waals surface area contributed by atoms with Crippen LogP contribution in [0.5, 0.6) is 0 Å². The predicted molar refractivity (Wildman–Crippen MR) is 38.4 cm³/mol. The van der Waals surface area contributed by atoms with E-state index in [2.05, 4.69) is 4.98 Å². The maximum Gasteiger partial charge on any atom is 0.131 e. The molecule has 0 saturated heterocycles. The molecule has 1 nitrogen and oxygen atoms in total. The summed E-state index contributed by atoms with van der Waals surface area (Å²) in [5.74, 6) is 0. The van der Waals surface area contributed by atoms with Crippen LogP contribution in [0.25, 0.3) is 0 Å². The second kappa shape index (κ2) is 3.30. The van der Waals surface area contributed by atoms with Crippen molar-refractivity contribution in [2.75, 3.05) is 0 Å². The van der Waals surface area contributed by atoms with Gasteiger partial charge in [-0.2, -0.15) is 0 Å². The summed E-state index contributed by atoms with van der Waals surface area (Å²) in [5, 5.41) is 0. The molecule has 10 heavy (non-hydrogen) atoms. The van der Waals surface area contributed by atoms with E-state index in [4.69, 9.17) is 0 Å². The summed E-state index contributed by atoms with van der Waals surface area (Å²) in [7, 11) is 0. The second-order valence-electron chi connectivity index (χ2n) is 2.11. The largest absolute Gasteiger partial charge is 0.255 e. The van der Waals surface area contributed by atoms with Crippen molar-refractivity contribution in [3.8, 4) is 0 Å². The van der Waals surface area contributed by atoms with Gasteiger partial charge in [-0.25, -0.2) is 4.39 Å². The van der Waals surface area contributed by atoms with Gasteiger partial charge < -0.3 is 0 Å². The number of halogens is 1. The van der Waals surface area contributed by atoms with Gasteiger partial charge in [0.05, 0.1) is 5.69 Å². The molecule has 2 heteroatoms. The smallest absolute Gasteiger partial charge is 0.131 e. The fourth-order valence-corrected chi connectivity index (χ4v) is 0.801. The van der Waals surface area contributed by atoms with Gasteiger partial charge in [0.25, 0.3) is 0 Å². The number of pyridine rings is 1. The summed E-state index contributed by atoms with van der Waals surface area (Å²) in [5.41, 5.74) is 1.48. The molecule has 0 radical (unpaired) electrons. The van der Waals surface area contributed by atoms with Crippen molar-refractivity contribution < 1.29 is 4.39 Å². The van der Waals surface area contributed by atoms with Gasteiger partial charge in [-0.3, -0.25) is 4.98 Å². The van der Waals surface area contributed by atoms with Gasteiger partial charge in [0.1, 0.15) is 6.67 Å². The third kappa shape index (κ3) is 1.53. The molecule has 0 spiro atoms. The van der Waals surface area contributed by atoms with E-state index in [0.29, 0.717) is 5.69 Å². The van der Waals surface area contributed by atoms with Crippen LogP contribution in [0.15, 0.2) is 18.2 Å². The lowest BCUT2D eigenvalue weighted by atomic mass is 10.3. The normalized spacial score (nSPS) is 9.80. The standard InChI is InChI=1S/C8H10FN/c1-2-7-4-3-5-8(6-9)10-7/h3-5H,2,6H2,1H3. The minimum Gasteiger partial charge on any atom is -0.255 e. The lowest BCUT2D eigenvalue weighted by molar-refractivity contribution is 0.475. The second-order valence-corrected chi connectivity index (χ2v) is 2.11. The molecule has 0 unspecified atom stereocenters. The molecule has 0 aliphatic carbocycles. The van der Waals surface area contributed by atoms with Gasteiger partial charge in [0.2, 0.25) is 0 Å². The van der Waals surface area contributed by atoms with E-state index in [0.717, 1.165) is 12.1 Å². The lowest BCUT2D eigenvalue weighted by Gasteiger charge is -1.96. The molecule has 0 saturated carbocycles. The molecule has 1 heterocycles. The Kier molecular flexibility index (Phi) is 2.37. The van der Waals surface area contributed by atoms with Crippen LogP contribution in [0.3, 0.4) is 0 Å². The van der Waals surface area contributed by atoms with Crippen molar-refractivity contribution >= 4 is 0 Å². The van der Waals surface area contributed by atoms with E-state index in [1.54, 1.807) is 6.07 Å². The number of alkyl halides is 1. The zero-order chi connectivity index (χ0) is 7.40. The Morgan fingerprint density at radius 2 is 2.10 bits per heavy atom. The molecular weight excluding hydrogens is 129 g/mol. The Balaban J connectivity index is 2.87. The van der Waals surface area contributed by atoms with Gasteiger partial charge in [-0.05, 0) is 18.6 Å². The molecule has 0 bridgehead atoms. The minimum atomic E-state index is -0.464. The average Bonchev–Trinajstić information content (AvgIpc) is 2.05. The van der Waals surface area contributed by atoms with Crippen LogP contribution in [-0.4, -0.2) is 4.98 Å². The Hall–Kier alpha value is -0.920. The zero-order valence-corrected chi connectivity index (χ0v) is 5.97. The first-order valence-corrected chi connectivity index (χ1v) is 3.37. The first-order valence-electron chi connectivity index (χ1n) is 3.37. The van der Waals surface area contributed by atoms with Gasteiger partial charge in [0.15, 0.2) is 0 Å². The monoisotopic (exact) mass is 139 g/mol. The Morgan fingerprint density at radius 1 is 1.40 bits per heavy atom. The fraction of sp³-hybridized carbons (Fsp3) is 0.375. The third-order valence-corrected chi connectivity index (χ3v) is 1.36. The summed E-state index contributed by atoms with van der Waals surface area (Å²) in [6.07, 6.45) is 0.869. The molecule has 1 aromatic heterocycles. The van der Waals surface area contributed by atoms with Crippen molar-refractivity contribution in [1.82, 2.24) is 4.98 Å². The molecule has 54 valence electrons. The maximum absolute atomic E-state index is 12.0. The summed E-state index contributed by atoms with van der Waals surface area (Å²) in [6, 6.07) is 5.43. The van der Waals surface area contributed by atoms with Crippen molar-refractivity contribution in [2.45, 2.75) is 20.0 Å². The molecule has 0 fully saturated rings. The Bertz CT molecular complexity index is 191. The number of hydrogen-bond donors (Lipinski definition) is 0. The van der Waals surface area contributed by atoms with Crippen LogP contribution in [0.4, 0.5) is 4.39 Å². The molecule has 0 atom stereocenters. The summed E-state index contributed by atoms with van der Waals surface area (Å²) in [4.78, 5) is 4.03. The number of rotatable bonds is 2. The number of nitrogens with zero attached hydrogens (tertiary/aromatic N) is 1. The van der Waals surface area contributed by atoms with Crippen LogP contribution < -0.4 is 0 Å². The first kappa shape index (κ1) is 7.19. The molecular formula is C8H10FN. The van der Waals surface area contributed by atoms with E-state index in [1.165, 1.54) is 0 Å². The van der Waals surface area contributed by atoms with Crippen LogP contribution >= 0.6 is 0 Å². The summed E-state index contributed by atoms with van der Waals surface area (Å²) < 4.78 is 12.0. The van der Waals surface area contributed by atoms with Gasteiger partial charge in [-0.1, -0.05) is 13.0 Å². The van der Waals surface area contributed by atoms with Crippen molar-refractivity contribution in [3.63, 3.8) is 0 Å². The highest BCUT2D eigenvalue weighted by Crippen LogP contribution is 2.00. The van der Waals surface area contributed by atoms with Crippen LogP contribution in [0.2, 0.25) is 0 Å². The molecule has 0 aliphatic heterocycles. The Labute approximate surface area is 59.9 Å². The van der Waals surface area contributed by atoms with Crippen molar-refractivity contribution in [1.29, 1.82) is 0 Å². The van der Waals surface area contributed by atoms with Gasteiger partial charge in [0, 0.05) is 5.69 Å². The number of aryl methyl sites for hydroxylation is 1. The van der Waals surface area contributed by atoms with E-state index >= 15 is 0 Å². The van der Waals surface area contributed by atoms with Crippen LogP contribution in [0, 0.1) is 0 Å². The molecule has 0 aromatic carbocycles. The molecule has 1 rings (SSSR count). The number of aromatic nitrogens is 1. The third-order valence-electron chi connectivity index (χ3n) is 1.36. The highest BCUT2D eigenvalue weighted by Gasteiger charge is 1.92. The van der Waals surface area contributed by atoms with Crippen molar-refractivity contribution in [3.05, 3.63) is 29.6 Å². The SMILES string of the molecule is CCc1cccc(CF)n1. The number of hydrogen-bond acceptors (Lipinski definition) is 1. The zero-order valence-electron chi connectivity index (χ0n) is 5.97. The lowest BCUT2D eigenvalue weighted by Crippen LogP contribution is -1.90.